The number of aliphatic hydroxyl groups excluding tert-OH is 2. The zero-order valence-electron chi connectivity index (χ0n) is 26.3. The summed E-state index contributed by atoms with van der Waals surface area (Å²) in [4.78, 5) is 24.0. The van der Waals surface area contributed by atoms with Gasteiger partial charge < -0.3 is 19.7 Å². The molecule has 2 N–H and O–H groups in total. The van der Waals surface area contributed by atoms with Gasteiger partial charge in [0.2, 0.25) is 0 Å². The molecule has 1 unspecified atom stereocenters. The Labute approximate surface area is 251 Å². The molecular weight excluding hydrogens is 516 g/mol. The largest absolute Gasteiger partial charge is 0.462 e. The molecule has 6 heteroatoms. The first-order valence-corrected chi connectivity index (χ1v) is 16.2. The Morgan fingerprint density at radius 2 is 1.44 bits per heavy atom. The highest BCUT2D eigenvalue weighted by molar-refractivity contribution is 5.70. The van der Waals surface area contributed by atoms with Crippen molar-refractivity contribution < 1.29 is 29.3 Å². The van der Waals surface area contributed by atoms with Crippen molar-refractivity contribution in [3.63, 3.8) is 0 Å². The summed E-state index contributed by atoms with van der Waals surface area (Å²) in [6, 6.07) is 0. The number of unbranched alkanes of at least 4 members (excludes halogenated alkanes) is 9. The summed E-state index contributed by atoms with van der Waals surface area (Å²) in [6.45, 7) is 6.20. The molecule has 0 bridgehead atoms. The molecule has 0 spiro atoms. The number of ether oxygens (including phenoxy) is 2. The van der Waals surface area contributed by atoms with Crippen LogP contribution in [0.2, 0.25) is 0 Å². The average Bonchev–Trinajstić information content (AvgIpc) is 2.95. The molecule has 0 radical (unpaired) electrons. The van der Waals surface area contributed by atoms with Crippen LogP contribution in [0.4, 0.5) is 0 Å². The number of hydrogen-bond donors (Lipinski definition) is 2. The summed E-state index contributed by atoms with van der Waals surface area (Å²) >= 11 is 0. The van der Waals surface area contributed by atoms with Crippen LogP contribution in [-0.4, -0.2) is 47.6 Å². The van der Waals surface area contributed by atoms with Crippen LogP contribution in [0, 0.1) is 5.92 Å². The van der Waals surface area contributed by atoms with E-state index in [0.29, 0.717) is 25.7 Å². The molecule has 0 aromatic carbocycles. The normalized spacial score (nSPS) is 13.7. The molecule has 0 heterocycles. The number of esters is 2. The summed E-state index contributed by atoms with van der Waals surface area (Å²) in [7, 11) is 0. The zero-order chi connectivity index (χ0) is 30.4. The SMILES string of the molecule is CCCCC/C=C\C/C=C\CC(O)/C=C\C=C\CCCC(=O)OC[C@H](CO)OC(=O)CCCCCCCCC(C)C. The molecule has 0 amide bonds. The Morgan fingerprint density at radius 1 is 0.756 bits per heavy atom. The third-order valence-corrected chi connectivity index (χ3v) is 6.63. The predicted octanol–water partition coefficient (Wildman–Crippen LogP) is 8.33. The fourth-order valence-electron chi connectivity index (χ4n) is 4.10. The van der Waals surface area contributed by atoms with E-state index < -0.39 is 12.2 Å². The highest BCUT2D eigenvalue weighted by atomic mass is 16.6. The smallest absolute Gasteiger partial charge is 0.306 e. The van der Waals surface area contributed by atoms with Gasteiger partial charge in [0.15, 0.2) is 6.10 Å². The van der Waals surface area contributed by atoms with E-state index in [0.717, 1.165) is 38.0 Å². The van der Waals surface area contributed by atoms with Gasteiger partial charge in [-0.15, -0.1) is 0 Å². The van der Waals surface area contributed by atoms with E-state index in [1.165, 1.54) is 44.9 Å². The molecule has 41 heavy (non-hydrogen) atoms. The van der Waals surface area contributed by atoms with Crippen LogP contribution in [0.5, 0.6) is 0 Å². The van der Waals surface area contributed by atoms with E-state index in [-0.39, 0.29) is 31.6 Å². The molecule has 0 fully saturated rings. The van der Waals surface area contributed by atoms with Gasteiger partial charge in [0.05, 0.1) is 12.7 Å². The fraction of sp³-hybridized carbons (Fsp3) is 0.714. The van der Waals surface area contributed by atoms with Gasteiger partial charge in [-0.25, -0.2) is 0 Å². The number of allylic oxidation sites excluding steroid dienone is 6. The van der Waals surface area contributed by atoms with Crippen LogP contribution in [0.1, 0.15) is 130 Å². The maximum Gasteiger partial charge on any atom is 0.306 e. The lowest BCUT2D eigenvalue weighted by molar-refractivity contribution is -0.161. The lowest BCUT2D eigenvalue weighted by Gasteiger charge is -2.15. The van der Waals surface area contributed by atoms with Gasteiger partial charge >= 0.3 is 11.9 Å². The second kappa shape index (κ2) is 29.3. The second-order valence-electron chi connectivity index (χ2n) is 11.2. The Kier molecular flexibility index (Phi) is 27.8. The van der Waals surface area contributed by atoms with Gasteiger partial charge in [-0.05, 0) is 50.9 Å². The Balaban J connectivity index is 3.85. The van der Waals surface area contributed by atoms with Crippen molar-refractivity contribution in [2.24, 2.45) is 5.92 Å². The van der Waals surface area contributed by atoms with E-state index in [4.69, 9.17) is 9.47 Å². The van der Waals surface area contributed by atoms with Crippen molar-refractivity contribution in [3.05, 3.63) is 48.6 Å². The van der Waals surface area contributed by atoms with E-state index in [9.17, 15) is 19.8 Å². The van der Waals surface area contributed by atoms with Crippen molar-refractivity contribution in [1.82, 2.24) is 0 Å². The maximum atomic E-state index is 12.0. The first-order valence-electron chi connectivity index (χ1n) is 16.2. The van der Waals surface area contributed by atoms with Crippen LogP contribution < -0.4 is 0 Å². The van der Waals surface area contributed by atoms with Crippen LogP contribution in [0.15, 0.2) is 48.6 Å². The number of carbonyl (C=O) groups is 2. The number of carbonyl (C=O) groups excluding carboxylic acids is 2. The molecule has 0 aliphatic carbocycles. The van der Waals surface area contributed by atoms with E-state index in [1.807, 2.05) is 24.3 Å². The van der Waals surface area contributed by atoms with Crippen LogP contribution in [0.3, 0.4) is 0 Å². The lowest BCUT2D eigenvalue weighted by Crippen LogP contribution is -2.28. The summed E-state index contributed by atoms with van der Waals surface area (Å²) in [5.74, 6) is 0.0269. The third kappa shape index (κ3) is 29.1. The Morgan fingerprint density at radius 3 is 2.17 bits per heavy atom. The Bertz CT molecular complexity index is 737. The van der Waals surface area contributed by atoms with Gasteiger partial charge in [0, 0.05) is 12.8 Å². The van der Waals surface area contributed by atoms with E-state index in [2.05, 4.69) is 39.0 Å². The first-order chi connectivity index (χ1) is 19.9. The molecule has 0 aliphatic heterocycles. The summed E-state index contributed by atoms with van der Waals surface area (Å²) < 4.78 is 10.4. The molecular formula is C35H60O6. The molecule has 0 saturated heterocycles. The van der Waals surface area contributed by atoms with Crippen molar-refractivity contribution in [3.8, 4) is 0 Å². The van der Waals surface area contributed by atoms with Gasteiger partial charge in [0.25, 0.3) is 0 Å². The second-order valence-corrected chi connectivity index (χ2v) is 11.2. The van der Waals surface area contributed by atoms with Crippen LogP contribution in [-0.2, 0) is 19.1 Å². The van der Waals surface area contributed by atoms with Gasteiger partial charge in [0.1, 0.15) is 6.61 Å². The highest BCUT2D eigenvalue weighted by Gasteiger charge is 2.16. The third-order valence-electron chi connectivity index (χ3n) is 6.63. The molecule has 6 nitrogen and oxygen atoms in total. The lowest BCUT2D eigenvalue weighted by atomic mass is 10.0. The first kappa shape index (κ1) is 38.8. The Hall–Kier alpha value is -2.18. The number of hydrogen-bond acceptors (Lipinski definition) is 6. The number of rotatable bonds is 27. The van der Waals surface area contributed by atoms with Gasteiger partial charge in [-0.2, -0.15) is 0 Å². The molecule has 236 valence electrons. The zero-order valence-corrected chi connectivity index (χ0v) is 26.3. The summed E-state index contributed by atoms with van der Waals surface area (Å²) in [5, 5.41) is 19.5. The van der Waals surface area contributed by atoms with E-state index in [1.54, 1.807) is 6.08 Å². The predicted molar refractivity (Wildman–Crippen MR) is 169 cm³/mol. The maximum absolute atomic E-state index is 12.0. The minimum absolute atomic E-state index is 0.128. The summed E-state index contributed by atoms with van der Waals surface area (Å²) in [6.07, 6.45) is 30.7. The van der Waals surface area contributed by atoms with Crippen LogP contribution in [0.25, 0.3) is 0 Å². The molecule has 0 rings (SSSR count). The molecule has 0 aromatic heterocycles. The average molecular weight is 577 g/mol. The van der Waals surface area contributed by atoms with Gasteiger partial charge in [-0.1, -0.05) is 121 Å². The van der Waals surface area contributed by atoms with Crippen molar-refractivity contribution in [1.29, 1.82) is 0 Å². The van der Waals surface area contributed by atoms with Crippen molar-refractivity contribution in [2.75, 3.05) is 13.2 Å². The molecule has 2 atom stereocenters. The van der Waals surface area contributed by atoms with Gasteiger partial charge in [-0.3, -0.25) is 9.59 Å². The summed E-state index contributed by atoms with van der Waals surface area (Å²) in [5.41, 5.74) is 0. The minimum atomic E-state index is -0.819. The van der Waals surface area contributed by atoms with Crippen molar-refractivity contribution in [2.45, 2.75) is 142 Å². The fourth-order valence-corrected chi connectivity index (χ4v) is 4.10. The van der Waals surface area contributed by atoms with Crippen molar-refractivity contribution >= 4 is 11.9 Å². The molecule has 0 aromatic rings. The van der Waals surface area contributed by atoms with Crippen LogP contribution >= 0.6 is 0 Å². The molecule has 0 aliphatic rings. The quantitative estimate of drug-likeness (QED) is 0.0442. The standard InChI is InChI=1S/C35H60O6/c1-4-5-6-7-8-9-10-15-20-25-32(37)26-21-16-13-18-22-27-34(38)40-30-33(29-36)41-35(39)28-23-17-12-11-14-19-24-31(2)3/h8-9,13,15-16,20-21,26,31-33,36-37H,4-7,10-12,14,17-19,22-25,27-30H2,1-3H3/b9-8-,16-13+,20-15-,26-21-/t32?,33-/m0/s1. The minimum Gasteiger partial charge on any atom is -0.462 e. The topological polar surface area (TPSA) is 93.1 Å². The number of aliphatic hydroxyl groups is 2. The van der Waals surface area contributed by atoms with E-state index >= 15 is 0 Å². The molecule has 0 saturated carbocycles. The highest BCUT2D eigenvalue weighted by Crippen LogP contribution is 2.12. The monoisotopic (exact) mass is 576 g/mol.